The topological polar surface area (TPSA) is 308 Å². The Kier molecular flexibility index (Phi) is 19.0. The lowest BCUT2D eigenvalue weighted by molar-refractivity contribution is -0.156. The van der Waals surface area contributed by atoms with E-state index in [0.29, 0.717) is 42.7 Å². The molecule has 7 rings (SSSR count). The monoisotopic (exact) mass is 1150 g/mol. The number of halogens is 1. The Morgan fingerprint density at radius 1 is 1.00 bits per heavy atom. The van der Waals surface area contributed by atoms with Gasteiger partial charge >= 0.3 is 12.1 Å². The molecule has 4 aliphatic rings. The van der Waals surface area contributed by atoms with Crippen molar-refractivity contribution in [1.29, 1.82) is 0 Å². The summed E-state index contributed by atoms with van der Waals surface area (Å²) in [5, 5.41) is 21.1. The molecule has 428 valence electrons. The summed E-state index contributed by atoms with van der Waals surface area (Å²) in [6.07, 6.45) is 4.11. The lowest BCUT2D eigenvalue weighted by Gasteiger charge is -2.42. The van der Waals surface area contributed by atoms with Crippen molar-refractivity contribution in [1.82, 2.24) is 15.6 Å². The molecule has 5 N–H and O–H groups in total. The third-order valence-electron chi connectivity index (χ3n) is 14.2. The van der Waals surface area contributed by atoms with Gasteiger partial charge in [-0.3, -0.25) is 38.7 Å². The molecule has 0 aliphatic carbocycles. The summed E-state index contributed by atoms with van der Waals surface area (Å²) < 4.78 is 69.8. The zero-order valence-electron chi connectivity index (χ0n) is 45.0. The van der Waals surface area contributed by atoms with Crippen LogP contribution in [0, 0.1) is 5.92 Å². The van der Waals surface area contributed by atoms with Crippen molar-refractivity contribution in [3.05, 3.63) is 112 Å². The number of epoxide rings is 1. The van der Waals surface area contributed by atoms with Crippen molar-refractivity contribution in [2.45, 2.75) is 113 Å². The number of nitrogens with zero attached hydrogens (tertiary/aromatic N) is 3. The zero-order chi connectivity index (χ0) is 58.3. The maximum atomic E-state index is 14.3. The molecule has 0 aromatic heterocycles. The first-order valence-electron chi connectivity index (χ1n) is 25.4. The Balaban J connectivity index is 0.997. The van der Waals surface area contributed by atoms with Gasteiger partial charge in [0.2, 0.25) is 11.8 Å². The van der Waals surface area contributed by atoms with E-state index in [4.69, 9.17) is 40.0 Å². The number of unbranched alkanes of at least 4 members (excludes halogenated alkanes) is 2. The third-order valence-corrected chi connectivity index (χ3v) is 15.4. The van der Waals surface area contributed by atoms with Gasteiger partial charge in [0.1, 0.15) is 45.3 Å². The molecule has 2 fully saturated rings. The number of carbonyl (C=O) groups excluding carboxylic acids is 7. The van der Waals surface area contributed by atoms with E-state index >= 15 is 0 Å². The standard InChI is InChI=1S/C55H63ClN6O17S/c1-31-12-11-13-43(75-7)55(70)29-41(77-53(69)58-55)32(2)51-54(4,79-51)44(28-48(66)61(5)39-25-34(24-31)26-40(74-6)50(39)56)78-49(67)30-76-37-18-15-35(16-19-37)33(3)59-60-52(68)38-20-17-36(27-42(38)80(71,72)73)57-45(63)14-9-8-10-23-62-46(64)21-22-47(62)65/h11-13,15-22,25-27,32,41,43-44,51,70H,8-10,14,23-24,28-30H2,1-7H3,(H,57,63)(H,58,69)(H,60,68)(H,71,72,73)/b13-11+,31-12+,59-33+/t32-,41+,43-,44+,51+,54+,55+/m1/s1. The highest BCUT2D eigenvalue weighted by Crippen LogP contribution is 2.49. The van der Waals surface area contributed by atoms with Gasteiger partial charge in [0.25, 0.3) is 27.8 Å². The molecular formula is C55H63ClN6O17S. The van der Waals surface area contributed by atoms with Crippen LogP contribution in [0.2, 0.25) is 5.02 Å². The zero-order valence-corrected chi connectivity index (χ0v) is 46.6. The number of fused-ring (bicyclic) bond motifs is 5. The second-order valence-corrected chi connectivity index (χ2v) is 21.7. The first-order chi connectivity index (χ1) is 37.8. The maximum Gasteiger partial charge on any atom is 0.409 e. The summed E-state index contributed by atoms with van der Waals surface area (Å²) in [6, 6.07) is 13.0. The number of rotatable bonds is 17. The van der Waals surface area contributed by atoms with E-state index in [1.54, 1.807) is 57.2 Å². The predicted molar refractivity (Wildman–Crippen MR) is 290 cm³/mol. The summed E-state index contributed by atoms with van der Waals surface area (Å²) in [4.78, 5) is 91.9. The lowest BCUT2D eigenvalue weighted by atomic mass is 9.83. The number of methoxy groups -OCH3 is 2. The number of amides is 6. The van der Waals surface area contributed by atoms with E-state index in [2.05, 4.69) is 21.2 Å². The molecule has 7 atom stereocenters. The first kappa shape index (κ1) is 60.2. The SMILES string of the molecule is COc1cc2cc(c1Cl)N(C)C(=O)C[C@H](OC(=O)COc1ccc(/C(C)=N/NC(=O)c3ccc(NC(=O)CCCCCN4C(=O)C=CC4=O)cc3S(=O)(=O)O)cc1)[C@]1(C)O[C@H]1[C@H](C)[C@@H]1C[C@@](O)(NC(=O)O1)[C@H](OC)/C=C/C=C(\C)C2. The number of allylic oxidation sites excluding steroid dienone is 3. The minimum Gasteiger partial charge on any atom is -0.495 e. The number of aliphatic hydroxyl groups is 1. The number of carbonyl (C=O) groups is 7. The van der Waals surface area contributed by atoms with Crippen LogP contribution in [0.3, 0.4) is 0 Å². The number of hydrazone groups is 1. The number of hydrogen-bond donors (Lipinski definition) is 5. The largest absolute Gasteiger partial charge is 0.495 e. The Morgan fingerprint density at radius 2 is 1.71 bits per heavy atom. The quantitative estimate of drug-likeness (QED) is 0.0210. The minimum atomic E-state index is -4.98. The maximum absolute atomic E-state index is 14.3. The highest BCUT2D eigenvalue weighted by molar-refractivity contribution is 7.86. The van der Waals surface area contributed by atoms with Crippen molar-refractivity contribution < 1.29 is 80.1 Å². The van der Waals surface area contributed by atoms with Crippen LogP contribution in [0.4, 0.5) is 16.2 Å². The Labute approximate surface area is 467 Å². The van der Waals surface area contributed by atoms with E-state index in [1.807, 2.05) is 13.0 Å². The number of alkyl carbamates (subject to hydrolysis) is 1. The molecule has 6 amide bonds. The van der Waals surface area contributed by atoms with Gasteiger partial charge in [-0.25, -0.2) is 15.0 Å². The lowest BCUT2D eigenvalue weighted by Crippen LogP contribution is -2.63. The molecule has 4 bridgehead atoms. The normalized spacial score (nSPS) is 25.4. The summed E-state index contributed by atoms with van der Waals surface area (Å²) in [7, 11) is -0.586. The molecule has 0 saturated carbocycles. The molecule has 0 unspecified atom stereocenters. The van der Waals surface area contributed by atoms with Crippen LogP contribution in [-0.2, 0) is 59.5 Å². The van der Waals surface area contributed by atoms with Crippen molar-refractivity contribution >= 4 is 80.4 Å². The van der Waals surface area contributed by atoms with E-state index < -0.39 is 117 Å². The number of imide groups is 1. The van der Waals surface area contributed by atoms with E-state index in [1.165, 1.54) is 56.5 Å². The van der Waals surface area contributed by atoms with Gasteiger partial charge in [0, 0.05) is 57.3 Å². The van der Waals surface area contributed by atoms with Crippen LogP contribution in [0.15, 0.2) is 101 Å². The van der Waals surface area contributed by atoms with Gasteiger partial charge in [0.15, 0.2) is 12.3 Å². The smallest absolute Gasteiger partial charge is 0.409 e. The molecule has 0 spiro atoms. The summed E-state index contributed by atoms with van der Waals surface area (Å²) >= 11 is 6.80. The summed E-state index contributed by atoms with van der Waals surface area (Å²) in [5.41, 5.74) is 1.30. The van der Waals surface area contributed by atoms with Crippen LogP contribution in [-0.4, -0.2) is 140 Å². The molecule has 2 saturated heterocycles. The fourth-order valence-electron chi connectivity index (χ4n) is 9.60. The van der Waals surface area contributed by atoms with Gasteiger partial charge < -0.3 is 43.7 Å². The third kappa shape index (κ3) is 14.5. The van der Waals surface area contributed by atoms with Crippen LogP contribution in [0.25, 0.3) is 0 Å². The second kappa shape index (κ2) is 25.3. The Bertz CT molecular complexity index is 3150. The Hall–Kier alpha value is -7.48. The van der Waals surface area contributed by atoms with Crippen molar-refractivity contribution in [3.8, 4) is 11.5 Å². The molecule has 4 heterocycles. The van der Waals surface area contributed by atoms with Crippen molar-refractivity contribution in [2.75, 3.05) is 44.6 Å². The summed E-state index contributed by atoms with van der Waals surface area (Å²) in [5.74, 6) is -3.69. The molecule has 4 aliphatic heterocycles. The van der Waals surface area contributed by atoms with Crippen LogP contribution >= 0.6 is 11.6 Å². The average Bonchev–Trinajstić information content (AvgIpc) is 4.08. The highest BCUT2D eigenvalue weighted by atomic mass is 35.5. The van der Waals surface area contributed by atoms with Gasteiger partial charge in [0.05, 0.1) is 36.6 Å². The molecule has 25 heteroatoms. The van der Waals surface area contributed by atoms with Gasteiger partial charge in [-0.1, -0.05) is 48.7 Å². The number of hydrogen-bond acceptors (Lipinski definition) is 17. The Morgan fingerprint density at radius 3 is 2.39 bits per heavy atom. The molecule has 3 aromatic carbocycles. The van der Waals surface area contributed by atoms with Crippen LogP contribution in [0.1, 0.15) is 87.7 Å². The van der Waals surface area contributed by atoms with Crippen molar-refractivity contribution in [3.63, 3.8) is 0 Å². The highest BCUT2D eigenvalue weighted by Gasteiger charge is 2.64. The van der Waals surface area contributed by atoms with E-state index in [-0.39, 0.29) is 41.6 Å². The van der Waals surface area contributed by atoms with Crippen molar-refractivity contribution in [2.24, 2.45) is 11.0 Å². The number of esters is 1. The predicted octanol–water partition coefficient (Wildman–Crippen LogP) is 5.57. The number of anilines is 2. The van der Waals surface area contributed by atoms with Gasteiger partial charge in [-0.05, 0) is 106 Å². The molecular weight excluding hydrogens is 1080 g/mol. The van der Waals surface area contributed by atoms with Crippen LogP contribution in [0.5, 0.6) is 11.5 Å². The molecule has 0 radical (unpaired) electrons. The number of ether oxygens (including phenoxy) is 6. The number of nitrogens with one attached hydrogen (secondary N) is 3. The first-order valence-corrected chi connectivity index (χ1v) is 27.3. The van der Waals surface area contributed by atoms with E-state index in [9.17, 15) is 51.6 Å². The fraction of sp³-hybridized carbons (Fsp3) is 0.418. The summed E-state index contributed by atoms with van der Waals surface area (Å²) in [6.45, 7) is 6.45. The molecule has 3 aromatic rings. The van der Waals surface area contributed by atoms with E-state index in [0.717, 1.165) is 28.2 Å². The van der Waals surface area contributed by atoms with Crippen LogP contribution < -0.4 is 30.4 Å². The number of benzene rings is 3. The minimum absolute atomic E-state index is 0.00596. The average molecular weight is 1150 g/mol. The molecule has 80 heavy (non-hydrogen) atoms. The second-order valence-electron chi connectivity index (χ2n) is 19.9. The molecule has 23 nitrogen and oxygen atoms in total. The fourth-order valence-corrected chi connectivity index (χ4v) is 10.6. The van der Waals surface area contributed by atoms with Gasteiger partial charge in [-0.2, -0.15) is 13.5 Å². The van der Waals surface area contributed by atoms with Gasteiger partial charge in [-0.15, -0.1) is 0 Å².